The van der Waals surface area contributed by atoms with Gasteiger partial charge in [-0.05, 0) is 44.4 Å². The van der Waals surface area contributed by atoms with Crippen LogP contribution >= 0.6 is 0 Å². The number of benzene rings is 1. The number of rotatable bonds is 4. The van der Waals surface area contributed by atoms with Gasteiger partial charge in [-0.15, -0.1) is 5.10 Å². The Balaban J connectivity index is 1.63. The highest BCUT2D eigenvalue weighted by Gasteiger charge is 2.27. The second kappa shape index (κ2) is 7.44. The van der Waals surface area contributed by atoms with E-state index in [1.807, 2.05) is 37.4 Å². The van der Waals surface area contributed by atoms with Gasteiger partial charge in [-0.2, -0.15) is 0 Å². The molecule has 1 aliphatic rings. The molecule has 0 aliphatic heterocycles. The molecule has 1 aliphatic carbocycles. The van der Waals surface area contributed by atoms with E-state index in [9.17, 15) is 4.79 Å². The largest absolute Gasteiger partial charge is 0.348 e. The molecule has 0 saturated heterocycles. The summed E-state index contributed by atoms with van der Waals surface area (Å²) in [4.78, 5) is 17.0. The standard InChI is InChI=1S/C20H24N6O/c1-13-19(20(27)23-17-7-3-2-5-14(17)11-21)24-25-26(13)18-8-4-6-15-12-22-10-9-16(15)18/h4,6,8-10,12,14,17H,2-3,5,7,11,21H2,1H3,(H,23,27). The second-order valence-corrected chi connectivity index (χ2v) is 7.17. The van der Waals surface area contributed by atoms with Crippen molar-refractivity contribution in [1.29, 1.82) is 0 Å². The van der Waals surface area contributed by atoms with Crippen LogP contribution in [0, 0.1) is 12.8 Å². The third-order valence-corrected chi connectivity index (χ3v) is 5.52. The molecule has 2 unspecified atom stereocenters. The second-order valence-electron chi connectivity index (χ2n) is 7.17. The lowest BCUT2D eigenvalue weighted by Gasteiger charge is -2.31. The summed E-state index contributed by atoms with van der Waals surface area (Å²) in [6.45, 7) is 2.47. The highest BCUT2D eigenvalue weighted by Crippen LogP contribution is 2.25. The Morgan fingerprint density at radius 3 is 3.00 bits per heavy atom. The molecule has 7 heteroatoms. The minimum absolute atomic E-state index is 0.115. The number of amides is 1. The van der Waals surface area contributed by atoms with Crippen molar-refractivity contribution >= 4 is 16.7 Å². The number of hydrogen-bond acceptors (Lipinski definition) is 5. The molecule has 1 amide bonds. The Kier molecular flexibility index (Phi) is 4.85. The molecule has 27 heavy (non-hydrogen) atoms. The van der Waals surface area contributed by atoms with Crippen LogP contribution in [0.25, 0.3) is 16.5 Å². The third-order valence-electron chi connectivity index (χ3n) is 5.52. The fourth-order valence-electron chi connectivity index (χ4n) is 3.97. The number of pyridine rings is 1. The van der Waals surface area contributed by atoms with Crippen molar-refractivity contribution in [3.05, 3.63) is 48.0 Å². The first-order valence-corrected chi connectivity index (χ1v) is 9.45. The third kappa shape index (κ3) is 3.30. The average molecular weight is 364 g/mol. The van der Waals surface area contributed by atoms with Crippen molar-refractivity contribution in [3.8, 4) is 5.69 Å². The molecule has 0 bridgehead atoms. The molecule has 2 atom stereocenters. The van der Waals surface area contributed by atoms with Gasteiger partial charge in [-0.1, -0.05) is 30.2 Å². The van der Waals surface area contributed by atoms with E-state index in [2.05, 4.69) is 20.6 Å². The van der Waals surface area contributed by atoms with E-state index in [0.29, 0.717) is 18.2 Å². The summed E-state index contributed by atoms with van der Waals surface area (Å²) in [5.74, 6) is 0.162. The zero-order valence-electron chi connectivity index (χ0n) is 15.4. The van der Waals surface area contributed by atoms with Gasteiger partial charge in [0.1, 0.15) is 0 Å². The summed E-state index contributed by atoms with van der Waals surface area (Å²) in [6.07, 6.45) is 7.90. The van der Waals surface area contributed by atoms with Crippen molar-refractivity contribution in [2.24, 2.45) is 11.7 Å². The average Bonchev–Trinajstić information content (AvgIpc) is 3.09. The topological polar surface area (TPSA) is 98.7 Å². The van der Waals surface area contributed by atoms with Crippen LogP contribution in [-0.4, -0.2) is 38.5 Å². The van der Waals surface area contributed by atoms with E-state index >= 15 is 0 Å². The van der Waals surface area contributed by atoms with E-state index in [1.54, 1.807) is 10.9 Å². The lowest BCUT2D eigenvalue weighted by Crippen LogP contribution is -2.45. The quantitative estimate of drug-likeness (QED) is 0.740. The van der Waals surface area contributed by atoms with Crippen LogP contribution in [0.4, 0.5) is 0 Å². The van der Waals surface area contributed by atoms with Crippen molar-refractivity contribution in [2.75, 3.05) is 6.54 Å². The molecule has 3 N–H and O–H groups in total. The number of carbonyl (C=O) groups is 1. The van der Waals surface area contributed by atoms with Crippen molar-refractivity contribution in [1.82, 2.24) is 25.3 Å². The number of hydrogen-bond donors (Lipinski definition) is 2. The van der Waals surface area contributed by atoms with Crippen LogP contribution in [0.3, 0.4) is 0 Å². The highest BCUT2D eigenvalue weighted by atomic mass is 16.2. The molecule has 2 heterocycles. The van der Waals surface area contributed by atoms with Gasteiger partial charge in [-0.3, -0.25) is 9.78 Å². The molecule has 0 spiro atoms. The summed E-state index contributed by atoms with van der Waals surface area (Å²) in [6, 6.07) is 7.98. The molecule has 0 radical (unpaired) electrons. The molecule has 1 aromatic carbocycles. The zero-order valence-corrected chi connectivity index (χ0v) is 15.4. The Hall–Kier alpha value is -2.80. The van der Waals surface area contributed by atoms with Gasteiger partial charge in [0.25, 0.3) is 5.91 Å². The summed E-state index contributed by atoms with van der Waals surface area (Å²) in [5, 5.41) is 13.6. The van der Waals surface area contributed by atoms with Gasteiger partial charge < -0.3 is 11.1 Å². The maximum absolute atomic E-state index is 12.8. The molecular weight excluding hydrogens is 340 g/mol. The Morgan fingerprint density at radius 2 is 2.15 bits per heavy atom. The molecule has 4 rings (SSSR count). The van der Waals surface area contributed by atoms with Gasteiger partial charge in [0, 0.05) is 29.2 Å². The van der Waals surface area contributed by atoms with Gasteiger partial charge in [0.05, 0.1) is 11.4 Å². The van der Waals surface area contributed by atoms with E-state index in [1.165, 1.54) is 6.42 Å². The number of carbonyl (C=O) groups excluding carboxylic acids is 1. The number of nitrogens with zero attached hydrogens (tertiary/aromatic N) is 4. The monoisotopic (exact) mass is 364 g/mol. The first kappa shape index (κ1) is 17.6. The first-order valence-electron chi connectivity index (χ1n) is 9.45. The number of aromatic nitrogens is 4. The SMILES string of the molecule is Cc1c(C(=O)NC2CCCCC2CN)nnn1-c1cccc2cnccc12. The first-order chi connectivity index (χ1) is 13.2. The molecule has 2 aromatic heterocycles. The summed E-state index contributed by atoms with van der Waals surface area (Å²) in [7, 11) is 0. The van der Waals surface area contributed by atoms with Gasteiger partial charge in [0.2, 0.25) is 0 Å². The van der Waals surface area contributed by atoms with Gasteiger partial charge >= 0.3 is 0 Å². The molecule has 3 aromatic rings. The lowest BCUT2D eigenvalue weighted by molar-refractivity contribution is 0.0902. The van der Waals surface area contributed by atoms with Crippen LogP contribution in [-0.2, 0) is 0 Å². The molecule has 140 valence electrons. The summed E-state index contributed by atoms with van der Waals surface area (Å²) < 4.78 is 1.72. The van der Waals surface area contributed by atoms with Crippen LogP contribution < -0.4 is 11.1 Å². The predicted molar refractivity (Wildman–Crippen MR) is 104 cm³/mol. The van der Waals surface area contributed by atoms with Crippen LogP contribution in [0.15, 0.2) is 36.7 Å². The lowest BCUT2D eigenvalue weighted by atomic mass is 9.84. The summed E-state index contributed by atoms with van der Waals surface area (Å²) >= 11 is 0. The van der Waals surface area contributed by atoms with E-state index in [0.717, 1.165) is 41.4 Å². The van der Waals surface area contributed by atoms with E-state index < -0.39 is 0 Å². The normalized spacial score (nSPS) is 19.9. The minimum Gasteiger partial charge on any atom is -0.348 e. The molecular formula is C20H24N6O. The van der Waals surface area contributed by atoms with Crippen molar-refractivity contribution in [3.63, 3.8) is 0 Å². The Labute approximate surface area is 158 Å². The minimum atomic E-state index is -0.175. The molecule has 7 nitrogen and oxygen atoms in total. The van der Waals surface area contributed by atoms with Crippen LogP contribution in [0.5, 0.6) is 0 Å². The smallest absolute Gasteiger partial charge is 0.273 e. The molecule has 1 saturated carbocycles. The van der Waals surface area contributed by atoms with Crippen LogP contribution in [0.1, 0.15) is 41.9 Å². The van der Waals surface area contributed by atoms with Crippen LogP contribution in [0.2, 0.25) is 0 Å². The highest BCUT2D eigenvalue weighted by molar-refractivity contribution is 5.94. The maximum Gasteiger partial charge on any atom is 0.273 e. The predicted octanol–water partition coefficient (Wildman–Crippen LogP) is 2.37. The summed E-state index contributed by atoms with van der Waals surface area (Å²) in [5.41, 5.74) is 7.85. The fourth-order valence-corrected chi connectivity index (χ4v) is 3.97. The van der Waals surface area contributed by atoms with E-state index in [-0.39, 0.29) is 11.9 Å². The Bertz CT molecular complexity index is 961. The fraction of sp³-hybridized carbons (Fsp3) is 0.400. The number of nitrogens with one attached hydrogen (secondary N) is 1. The van der Waals surface area contributed by atoms with Crippen molar-refractivity contribution in [2.45, 2.75) is 38.6 Å². The molecule has 1 fully saturated rings. The van der Waals surface area contributed by atoms with Crippen molar-refractivity contribution < 1.29 is 4.79 Å². The van der Waals surface area contributed by atoms with Gasteiger partial charge in [0.15, 0.2) is 5.69 Å². The Morgan fingerprint density at radius 1 is 1.30 bits per heavy atom. The zero-order chi connectivity index (χ0) is 18.8. The number of fused-ring (bicyclic) bond motifs is 1. The van der Waals surface area contributed by atoms with Gasteiger partial charge in [-0.25, -0.2) is 4.68 Å². The van der Waals surface area contributed by atoms with E-state index in [4.69, 9.17) is 5.73 Å². The number of nitrogens with two attached hydrogens (primary N) is 1. The maximum atomic E-state index is 12.8.